The molecular weight excluding hydrogens is 332 g/mol. The number of halogens is 1. The number of benzene rings is 1. The van der Waals surface area contributed by atoms with Crippen LogP contribution in [0.1, 0.15) is 5.82 Å². The van der Waals surface area contributed by atoms with E-state index in [1.807, 2.05) is 31.2 Å². The van der Waals surface area contributed by atoms with Gasteiger partial charge >= 0.3 is 0 Å². The van der Waals surface area contributed by atoms with Gasteiger partial charge < -0.3 is 5.32 Å². The Morgan fingerprint density at radius 1 is 1.22 bits per heavy atom. The van der Waals surface area contributed by atoms with E-state index in [4.69, 9.17) is 11.6 Å². The van der Waals surface area contributed by atoms with Crippen molar-refractivity contribution in [2.75, 3.05) is 11.1 Å². The number of aromatic nitrogens is 3. The summed E-state index contributed by atoms with van der Waals surface area (Å²) in [7, 11) is 0. The summed E-state index contributed by atoms with van der Waals surface area (Å²) < 4.78 is 0. The van der Waals surface area contributed by atoms with E-state index in [1.54, 1.807) is 18.3 Å². The minimum atomic E-state index is -0.162. The van der Waals surface area contributed by atoms with E-state index in [0.29, 0.717) is 11.5 Å². The van der Waals surface area contributed by atoms with Crippen molar-refractivity contribution in [3.63, 3.8) is 0 Å². The first-order chi connectivity index (χ1) is 11.1. The summed E-state index contributed by atoms with van der Waals surface area (Å²) in [5.74, 6) is 0.748. The maximum Gasteiger partial charge on any atom is 0.234 e. The molecule has 5 nitrogen and oxygen atoms in total. The number of hydrogen-bond donors (Lipinski definition) is 1. The van der Waals surface area contributed by atoms with Crippen molar-refractivity contribution in [1.29, 1.82) is 0 Å². The van der Waals surface area contributed by atoms with E-state index in [0.717, 1.165) is 15.9 Å². The third-order valence-electron chi connectivity index (χ3n) is 3.05. The number of nitrogens with one attached hydrogen (secondary N) is 1. The second-order valence-electron chi connectivity index (χ2n) is 4.77. The topological polar surface area (TPSA) is 67.8 Å². The fraction of sp³-hybridized carbons (Fsp3) is 0.125. The van der Waals surface area contributed by atoms with Gasteiger partial charge in [0.05, 0.1) is 17.0 Å². The molecule has 0 bridgehead atoms. The Bertz CT molecular complexity index is 872. The van der Waals surface area contributed by atoms with E-state index in [9.17, 15) is 4.79 Å². The van der Waals surface area contributed by atoms with Crippen molar-refractivity contribution in [2.45, 2.75) is 11.9 Å². The summed E-state index contributed by atoms with van der Waals surface area (Å²) in [5.41, 5.74) is 1.38. The van der Waals surface area contributed by atoms with Crippen LogP contribution < -0.4 is 5.32 Å². The van der Waals surface area contributed by atoms with E-state index < -0.39 is 0 Å². The molecule has 0 radical (unpaired) electrons. The van der Waals surface area contributed by atoms with Crippen LogP contribution in [0, 0.1) is 6.92 Å². The highest BCUT2D eigenvalue weighted by atomic mass is 35.5. The van der Waals surface area contributed by atoms with Gasteiger partial charge in [0.25, 0.3) is 0 Å². The monoisotopic (exact) mass is 344 g/mol. The Morgan fingerprint density at radius 2 is 2.04 bits per heavy atom. The van der Waals surface area contributed by atoms with Crippen molar-refractivity contribution in [3.05, 3.63) is 53.6 Å². The van der Waals surface area contributed by atoms with Gasteiger partial charge in [0.1, 0.15) is 10.9 Å². The van der Waals surface area contributed by atoms with Gasteiger partial charge in [-0.2, -0.15) is 0 Å². The Hall–Kier alpha value is -2.18. The number of carbonyl (C=O) groups excluding carboxylic acids is 1. The lowest BCUT2D eigenvalue weighted by atomic mass is 10.2. The predicted octanol–water partition coefficient (Wildman–Crippen LogP) is 3.72. The van der Waals surface area contributed by atoms with Gasteiger partial charge in [-0.15, -0.1) is 0 Å². The van der Waals surface area contributed by atoms with Crippen molar-refractivity contribution < 1.29 is 4.79 Å². The van der Waals surface area contributed by atoms with E-state index in [1.165, 1.54) is 11.8 Å². The molecule has 7 heteroatoms. The summed E-state index contributed by atoms with van der Waals surface area (Å²) in [6, 6.07) is 11.2. The third-order valence-corrected chi connectivity index (χ3v) is 4.35. The highest BCUT2D eigenvalue weighted by molar-refractivity contribution is 8.00. The Kier molecular flexibility index (Phi) is 4.73. The zero-order valence-electron chi connectivity index (χ0n) is 12.3. The fourth-order valence-corrected chi connectivity index (χ4v) is 3.10. The van der Waals surface area contributed by atoms with Crippen molar-refractivity contribution in [2.24, 2.45) is 0 Å². The molecule has 1 N–H and O–H groups in total. The van der Waals surface area contributed by atoms with Crippen molar-refractivity contribution in [1.82, 2.24) is 15.0 Å². The normalized spacial score (nSPS) is 10.7. The van der Waals surface area contributed by atoms with Gasteiger partial charge in [-0.1, -0.05) is 41.6 Å². The minimum Gasteiger partial charge on any atom is -0.323 e. The lowest BCUT2D eigenvalue weighted by Gasteiger charge is -2.08. The number of fused-ring (bicyclic) bond motifs is 1. The molecule has 0 unspecified atom stereocenters. The molecule has 0 aliphatic rings. The second kappa shape index (κ2) is 6.93. The maximum absolute atomic E-state index is 12.1. The molecule has 0 aliphatic carbocycles. The molecule has 116 valence electrons. The van der Waals surface area contributed by atoms with E-state index in [2.05, 4.69) is 20.3 Å². The van der Waals surface area contributed by atoms with Crippen LogP contribution in [0.5, 0.6) is 0 Å². The van der Waals surface area contributed by atoms with Crippen LogP contribution in [-0.4, -0.2) is 26.6 Å². The lowest BCUT2D eigenvalue weighted by Crippen LogP contribution is -2.14. The number of carbonyl (C=O) groups is 1. The quantitative estimate of drug-likeness (QED) is 0.444. The van der Waals surface area contributed by atoms with Crippen LogP contribution in [0.3, 0.4) is 0 Å². The van der Waals surface area contributed by atoms with Crippen LogP contribution in [-0.2, 0) is 4.79 Å². The Labute approximate surface area is 142 Å². The summed E-state index contributed by atoms with van der Waals surface area (Å²) in [6.45, 7) is 1.84. The van der Waals surface area contributed by atoms with Gasteiger partial charge in [0.2, 0.25) is 5.91 Å². The molecule has 23 heavy (non-hydrogen) atoms. The molecule has 0 saturated carbocycles. The average molecular weight is 345 g/mol. The number of para-hydroxylation sites is 1. The highest BCUT2D eigenvalue weighted by Gasteiger charge is 2.10. The lowest BCUT2D eigenvalue weighted by molar-refractivity contribution is -0.113. The first-order valence-corrected chi connectivity index (χ1v) is 8.26. The molecule has 0 atom stereocenters. The van der Waals surface area contributed by atoms with Crippen molar-refractivity contribution >= 4 is 45.9 Å². The second-order valence-corrected chi connectivity index (χ2v) is 6.09. The van der Waals surface area contributed by atoms with E-state index >= 15 is 0 Å². The Morgan fingerprint density at radius 3 is 2.87 bits per heavy atom. The molecule has 1 amide bonds. The predicted molar refractivity (Wildman–Crippen MR) is 92.9 cm³/mol. The summed E-state index contributed by atoms with van der Waals surface area (Å²) in [6.07, 6.45) is 1.57. The number of aryl methyl sites for hydroxylation is 1. The van der Waals surface area contributed by atoms with Crippen LogP contribution in [0.25, 0.3) is 10.9 Å². The standard InChI is InChI=1S/C16H13ClN4OS/c1-10-19-12-6-3-2-5-11(12)16(20-10)23-9-14(22)21-13-7-4-8-18-15(13)17/h2-8H,9H2,1H3,(H,21,22). The molecule has 1 aromatic carbocycles. The minimum absolute atomic E-state index is 0.162. The number of nitrogens with zero attached hydrogens (tertiary/aromatic N) is 3. The molecule has 0 fully saturated rings. The number of rotatable bonds is 4. The van der Waals surface area contributed by atoms with Crippen LogP contribution in [0.2, 0.25) is 5.15 Å². The van der Waals surface area contributed by atoms with Crippen LogP contribution >= 0.6 is 23.4 Å². The molecular formula is C16H13ClN4OS. The van der Waals surface area contributed by atoms with Crippen molar-refractivity contribution in [3.8, 4) is 0 Å². The summed E-state index contributed by atoms with van der Waals surface area (Å²) >= 11 is 7.30. The summed E-state index contributed by atoms with van der Waals surface area (Å²) in [4.78, 5) is 24.8. The van der Waals surface area contributed by atoms with Gasteiger partial charge in [-0.05, 0) is 25.1 Å². The third kappa shape index (κ3) is 3.78. The zero-order chi connectivity index (χ0) is 16.2. The smallest absolute Gasteiger partial charge is 0.234 e. The molecule has 0 spiro atoms. The number of amides is 1. The molecule has 2 heterocycles. The zero-order valence-corrected chi connectivity index (χ0v) is 13.9. The molecule has 0 aliphatic heterocycles. The molecule has 2 aromatic heterocycles. The van der Waals surface area contributed by atoms with Gasteiger partial charge in [-0.25, -0.2) is 15.0 Å². The number of hydrogen-bond acceptors (Lipinski definition) is 5. The van der Waals surface area contributed by atoms with Gasteiger partial charge in [0, 0.05) is 11.6 Å². The maximum atomic E-state index is 12.1. The molecule has 0 saturated heterocycles. The first kappa shape index (κ1) is 15.7. The van der Waals surface area contributed by atoms with E-state index in [-0.39, 0.29) is 16.8 Å². The molecule has 3 aromatic rings. The fourth-order valence-electron chi connectivity index (χ4n) is 2.07. The highest BCUT2D eigenvalue weighted by Crippen LogP contribution is 2.25. The number of anilines is 1. The van der Waals surface area contributed by atoms with Crippen LogP contribution in [0.4, 0.5) is 5.69 Å². The first-order valence-electron chi connectivity index (χ1n) is 6.90. The molecule has 3 rings (SSSR count). The largest absolute Gasteiger partial charge is 0.323 e. The van der Waals surface area contributed by atoms with Gasteiger partial charge in [-0.3, -0.25) is 4.79 Å². The average Bonchev–Trinajstić information content (AvgIpc) is 2.54. The number of thioether (sulfide) groups is 1. The number of pyridine rings is 1. The Balaban J connectivity index is 1.73. The summed E-state index contributed by atoms with van der Waals surface area (Å²) in [5, 5.41) is 4.75. The van der Waals surface area contributed by atoms with Gasteiger partial charge in [0.15, 0.2) is 5.15 Å². The van der Waals surface area contributed by atoms with Crippen LogP contribution in [0.15, 0.2) is 47.6 Å². The SMILES string of the molecule is Cc1nc(SCC(=O)Nc2cccnc2Cl)c2ccccc2n1.